The second-order valence-electron chi connectivity index (χ2n) is 11.8. The minimum atomic E-state index is -0.786. The van der Waals surface area contributed by atoms with Gasteiger partial charge in [0.15, 0.2) is 0 Å². The summed E-state index contributed by atoms with van der Waals surface area (Å²) in [6.45, 7) is 12.9. The van der Waals surface area contributed by atoms with Gasteiger partial charge in [-0.25, -0.2) is 0 Å². The molecule has 0 aromatic heterocycles. The standard InChI is InChI=1S/C34H40N2O4/c1-9-40-28-19-12-23(20-27(28)21(2)3)31(37)29-30(22-10-15-25(16-11-22)35(7)8)36(33(39)32(29)38)26-17-13-24(14-18-26)34(4,5)6/h10-21,30,37H,9H2,1-8H3/b31-29-. The molecule has 1 aliphatic heterocycles. The fraction of sp³-hybridized carbons (Fsp3) is 0.353. The molecule has 1 unspecified atom stereocenters. The van der Waals surface area contributed by atoms with E-state index in [-0.39, 0.29) is 22.7 Å². The number of aliphatic hydroxyl groups is 1. The molecule has 0 spiro atoms. The lowest BCUT2D eigenvalue weighted by atomic mass is 9.87. The predicted molar refractivity (Wildman–Crippen MR) is 162 cm³/mol. The van der Waals surface area contributed by atoms with Gasteiger partial charge < -0.3 is 14.7 Å². The van der Waals surface area contributed by atoms with Crippen LogP contribution in [0.3, 0.4) is 0 Å². The number of carbonyl (C=O) groups is 2. The van der Waals surface area contributed by atoms with E-state index in [1.807, 2.05) is 100 Å². The zero-order valence-electron chi connectivity index (χ0n) is 24.8. The van der Waals surface area contributed by atoms with Crippen LogP contribution in [0.25, 0.3) is 5.76 Å². The molecule has 210 valence electrons. The van der Waals surface area contributed by atoms with Gasteiger partial charge in [-0.3, -0.25) is 14.5 Å². The smallest absolute Gasteiger partial charge is 0.300 e. The zero-order valence-corrected chi connectivity index (χ0v) is 24.8. The third-order valence-corrected chi connectivity index (χ3v) is 7.39. The van der Waals surface area contributed by atoms with Crippen LogP contribution >= 0.6 is 0 Å². The number of ketones is 1. The van der Waals surface area contributed by atoms with Crippen LogP contribution in [-0.2, 0) is 15.0 Å². The molecule has 6 nitrogen and oxygen atoms in total. The first-order chi connectivity index (χ1) is 18.8. The maximum Gasteiger partial charge on any atom is 0.300 e. The normalized spacial score (nSPS) is 17.0. The van der Waals surface area contributed by atoms with Crippen molar-refractivity contribution in [3.8, 4) is 5.75 Å². The molecule has 1 fully saturated rings. The van der Waals surface area contributed by atoms with Crippen LogP contribution < -0.4 is 14.5 Å². The Balaban J connectivity index is 1.91. The topological polar surface area (TPSA) is 70.1 Å². The number of rotatable bonds is 7. The van der Waals surface area contributed by atoms with Crippen molar-refractivity contribution in [3.05, 3.63) is 94.6 Å². The Hall–Kier alpha value is -4.06. The molecule has 4 rings (SSSR count). The van der Waals surface area contributed by atoms with Crippen molar-refractivity contribution < 1.29 is 19.4 Å². The summed E-state index contributed by atoms with van der Waals surface area (Å²) >= 11 is 0. The summed E-state index contributed by atoms with van der Waals surface area (Å²) in [5, 5.41) is 11.7. The van der Waals surface area contributed by atoms with Gasteiger partial charge in [0.2, 0.25) is 0 Å². The summed E-state index contributed by atoms with van der Waals surface area (Å²) < 4.78 is 5.80. The van der Waals surface area contributed by atoms with Crippen LogP contribution in [0.4, 0.5) is 11.4 Å². The summed E-state index contributed by atoms with van der Waals surface area (Å²) in [7, 11) is 3.91. The molecule has 0 radical (unpaired) electrons. The summed E-state index contributed by atoms with van der Waals surface area (Å²) in [5.41, 5.74) is 4.86. The average Bonchev–Trinajstić information content (AvgIpc) is 3.18. The fourth-order valence-corrected chi connectivity index (χ4v) is 5.08. The van der Waals surface area contributed by atoms with Crippen molar-refractivity contribution in [2.45, 2.75) is 58.9 Å². The quantitative estimate of drug-likeness (QED) is 0.195. The summed E-state index contributed by atoms with van der Waals surface area (Å²) in [6.07, 6.45) is 0. The second-order valence-corrected chi connectivity index (χ2v) is 11.8. The molecule has 1 amide bonds. The Morgan fingerprint density at radius 2 is 1.60 bits per heavy atom. The third kappa shape index (κ3) is 5.48. The van der Waals surface area contributed by atoms with Gasteiger partial charge in [-0.2, -0.15) is 0 Å². The van der Waals surface area contributed by atoms with E-state index in [2.05, 4.69) is 20.8 Å². The first-order valence-electron chi connectivity index (χ1n) is 13.8. The number of amides is 1. The zero-order chi connectivity index (χ0) is 29.4. The van der Waals surface area contributed by atoms with E-state index in [0.29, 0.717) is 17.9 Å². The van der Waals surface area contributed by atoms with Crippen LogP contribution in [0.1, 0.15) is 75.8 Å². The van der Waals surface area contributed by atoms with Crippen LogP contribution in [0, 0.1) is 0 Å². The Morgan fingerprint density at radius 1 is 0.975 bits per heavy atom. The number of benzene rings is 3. The monoisotopic (exact) mass is 540 g/mol. The average molecular weight is 541 g/mol. The minimum Gasteiger partial charge on any atom is -0.507 e. The number of Topliss-reactive ketones (excluding diaryl/α,β-unsaturated/α-hetero) is 1. The lowest BCUT2D eigenvalue weighted by Gasteiger charge is -2.27. The number of carbonyl (C=O) groups excluding carboxylic acids is 2. The largest absolute Gasteiger partial charge is 0.507 e. The molecular weight excluding hydrogens is 500 g/mol. The van der Waals surface area contributed by atoms with Gasteiger partial charge in [0.25, 0.3) is 11.7 Å². The van der Waals surface area contributed by atoms with Gasteiger partial charge in [-0.15, -0.1) is 0 Å². The molecule has 40 heavy (non-hydrogen) atoms. The maximum absolute atomic E-state index is 13.6. The highest BCUT2D eigenvalue weighted by Gasteiger charge is 2.47. The molecule has 1 N–H and O–H groups in total. The second kappa shape index (κ2) is 11.2. The Bertz CT molecular complexity index is 1430. The van der Waals surface area contributed by atoms with E-state index in [4.69, 9.17) is 4.74 Å². The lowest BCUT2D eigenvalue weighted by molar-refractivity contribution is -0.132. The molecule has 1 atom stereocenters. The lowest BCUT2D eigenvalue weighted by Crippen LogP contribution is -2.29. The van der Waals surface area contributed by atoms with Crippen molar-refractivity contribution in [1.82, 2.24) is 0 Å². The third-order valence-electron chi connectivity index (χ3n) is 7.39. The van der Waals surface area contributed by atoms with E-state index in [9.17, 15) is 14.7 Å². The number of ether oxygens (including phenoxy) is 1. The van der Waals surface area contributed by atoms with E-state index in [0.717, 1.165) is 28.1 Å². The van der Waals surface area contributed by atoms with Gasteiger partial charge in [0.05, 0.1) is 18.2 Å². The number of nitrogens with zero attached hydrogens (tertiary/aromatic N) is 2. The van der Waals surface area contributed by atoms with Gasteiger partial charge in [-0.05, 0) is 77.4 Å². The molecule has 0 bridgehead atoms. The highest BCUT2D eigenvalue weighted by Crippen LogP contribution is 2.43. The molecule has 3 aromatic rings. The van der Waals surface area contributed by atoms with Crippen molar-refractivity contribution in [3.63, 3.8) is 0 Å². The molecule has 6 heteroatoms. The van der Waals surface area contributed by atoms with Gasteiger partial charge in [0.1, 0.15) is 11.5 Å². The van der Waals surface area contributed by atoms with E-state index in [1.165, 1.54) is 4.90 Å². The van der Waals surface area contributed by atoms with Crippen LogP contribution in [0.15, 0.2) is 72.3 Å². The highest BCUT2D eigenvalue weighted by molar-refractivity contribution is 6.51. The van der Waals surface area contributed by atoms with Crippen molar-refractivity contribution >= 4 is 28.8 Å². The Kier molecular flexibility index (Phi) is 8.10. The minimum absolute atomic E-state index is 0.0596. The van der Waals surface area contributed by atoms with Crippen molar-refractivity contribution in [2.75, 3.05) is 30.5 Å². The molecule has 0 saturated carbocycles. The Labute approximate surface area is 237 Å². The predicted octanol–water partition coefficient (Wildman–Crippen LogP) is 7.20. The molecule has 3 aromatic carbocycles. The van der Waals surface area contributed by atoms with Crippen LogP contribution in [0.5, 0.6) is 5.75 Å². The maximum atomic E-state index is 13.6. The molecule has 1 heterocycles. The molecule has 1 saturated heterocycles. The summed E-state index contributed by atoms with van der Waals surface area (Å²) in [6, 6.07) is 20.1. The van der Waals surface area contributed by atoms with E-state index in [1.54, 1.807) is 6.07 Å². The number of hydrogen-bond acceptors (Lipinski definition) is 5. The van der Waals surface area contributed by atoms with E-state index < -0.39 is 17.7 Å². The first-order valence-corrected chi connectivity index (χ1v) is 13.8. The van der Waals surface area contributed by atoms with Gasteiger partial charge >= 0.3 is 0 Å². The van der Waals surface area contributed by atoms with Crippen LogP contribution in [-0.4, -0.2) is 37.5 Å². The fourth-order valence-electron chi connectivity index (χ4n) is 5.08. The number of anilines is 2. The van der Waals surface area contributed by atoms with Gasteiger partial charge in [0, 0.05) is 31.0 Å². The summed E-state index contributed by atoms with van der Waals surface area (Å²) in [4.78, 5) is 30.7. The Morgan fingerprint density at radius 3 is 2.12 bits per heavy atom. The molecular formula is C34H40N2O4. The number of hydrogen-bond donors (Lipinski definition) is 1. The van der Waals surface area contributed by atoms with Crippen molar-refractivity contribution in [1.29, 1.82) is 0 Å². The number of aliphatic hydroxyl groups excluding tert-OH is 1. The first kappa shape index (κ1) is 28.9. The highest BCUT2D eigenvalue weighted by atomic mass is 16.5. The van der Waals surface area contributed by atoms with Crippen LogP contribution in [0.2, 0.25) is 0 Å². The van der Waals surface area contributed by atoms with Crippen molar-refractivity contribution in [2.24, 2.45) is 0 Å². The summed E-state index contributed by atoms with van der Waals surface area (Å²) in [5.74, 6) is -0.698. The van der Waals surface area contributed by atoms with E-state index >= 15 is 0 Å². The SMILES string of the molecule is CCOc1ccc(/C(O)=C2/C(=O)C(=O)N(c3ccc(C(C)(C)C)cc3)C2c2ccc(N(C)C)cc2)cc1C(C)C. The molecule has 1 aliphatic rings. The van der Waals surface area contributed by atoms with Gasteiger partial charge in [-0.1, -0.05) is 58.9 Å². The molecule has 0 aliphatic carbocycles.